The van der Waals surface area contributed by atoms with E-state index in [1.807, 2.05) is 6.92 Å². The highest BCUT2D eigenvalue weighted by molar-refractivity contribution is 5.90. The van der Waals surface area contributed by atoms with E-state index in [-0.39, 0.29) is 11.3 Å². The molecular weight excluding hydrogens is 244 g/mol. The third-order valence-corrected chi connectivity index (χ3v) is 2.56. The average molecular weight is 258 g/mol. The summed E-state index contributed by atoms with van der Waals surface area (Å²) in [6.07, 6.45) is 0.764. The van der Waals surface area contributed by atoms with Crippen LogP contribution in [0.25, 0.3) is 0 Å². The number of benzene rings is 1. The van der Waals surface area contributed by atoms with Gasteiger partial charge in [0.05, 0.1) is 0 Å². The van der Waals surface area contributed by atoms with Gasteiger partial charge >= 0.3 is 5.97 Å². The topological polar surface area (TPSA) is 72.3 Å². The fourth-order valence-electron chi connectivity index (χ4n) is 1.68. The smallest absolute Gasteiger partial charge is 0.339 e. The number of nitrogens with zero attached hydrogens (tertiary/aromatic N) is 2. The number of carboxylic acids is 1. The van der Waals surface area contributed by atoms with Crippen molar-refractivity contribution < 1.29 is 14.6 Å². The molecular formula is C14H14N2O3. The van der Waals surface area contributed by atoms with Gasteiger partial charge in [0, 0.05) is 11.8 Å². The summed E-state index contributed by atoms with van der Waals surface area (Å²) in [5, 5.41) is 9.09. The molecule has 0 saturated heterocycles. The van der Waals surface area contributed by atoms with E-state index in [1.54, 1.807) is 31.2 Å². The van der Waals surface area contributed by atoms with Crippen LogP contribution in [0, 0.1) is 6.92 Å². The minimum atomic E-state index is -1.03. The molecule has 1 N–H and O–H groups in total. The Kier molecular flexibility index (Phi) is 3.75. The third-order valence-electron chi connectivity index (χ3n) is 2.56. The number of hydrogen-bond acceptors (Lipinski definition) is 4. The van der Waals surface area contributed by atoms with Crippen LogP contribution in [-0.2, 0) is 6.42 Å². The summed E-state index contributed by atoms with van der Waals surface area (Å²) in [7, 11) is 0. The predicted molar refractivity (Wildman–Crippen MR) is 69.6 cm³/mol. The monoisotopic (exact) mass is 258 g/mol. The maximum absolute atomic E-state index is 11.1. The van der Waals surface area contributed by atoms with Crippen molar-refractivity contribution >= 4 is 5.97 Å². The van der Waals surface area contributed by atoms with Crippen molar-refractivity contribution in [3.63, 3.8) is 0 Å². The van der Waals surface area contributed by atoms with Gasteiger partial charge < -0.3 is 9.84 Å². The highest BCUT2D eigenvalue weighted by atomic mass is 16.5. The quantitative estimate of drug-likeness (QED) is 0.912. The van der Waals surface area contributed by atoms with Crippen LogP contribution in [0.4, 0.5) is 0 Å². The van der Waals surface area contributed by atoms with Gasteiger partial charge in [0.1, 0.15) is 17.1 Å². The zero-order valence-electron chi connectivity index (χ0n) is 10.8. The van der Waals surface area contributed by atoms with Gasteiger partial charge in [-0.15, -0.1) is 0 Å². The zero-order chi connectivity index (χ0) is 13.8. The van der Waals surface area contributed by atoms with E-state index in [1.165, 1.54) is 6.07 Å². The van der Waals surface area contributed by atoms with Crippen LogP contribution >= 0.6 is 0 Å². The Labute approximate surface area is 110 Å². The van der Waals surface area contributed by atoms with Crippen molar-refractivity contribution in [2.45, 2.75) is 20.3 Å². The second-order valence-electron chi connectivity index (χ2n) is 4.00. The molecule has 2 aromatic rings. The Balaban J connectivity index is 2.36. The van der Waals surface area contributed by atoms with Gasteiger partial charge in [-0.25, -0.2) is 9.78 Å². The first kappa shape index (κ1) is 13.0. The number of para-hydroxylation sites is 1. The highest BCUT2D eigenvalue weighted by Gasteiger charge is 2.12. The summed E-state index contributed by atoms with van der Waals surface area (Å²) < 4.78 is 5.56. The molecule has 1 aromatic carbocycles. The molecule has 1 aromatic heterocycles. The second kappa shape index (κ2) is 5.48. The molecule has 98 valence electrons. The molecule has 0 aliphatic carbocycles. The Morgan fingerprint density at radius 2 is 2.05 bits per heavy atom. The first-order valence-electron chi connectivity index (χ1n) is 5.95. The molecule has 2 rings (SSSR count). The van der Waals surface area contributed by atoms with Gasteiger partial charge in [-0.3, -0.25) is 0 Å². The highest BCUT2D eigenvalue weighted by Crippen LogP contribution is 2.24. The van der Waals surface area contributed by atoms with Crippen LogP contribution in [0.2, 0.25) is 0 Å². The molecule has 0 bridgehead atoms. The molecule has 5 nitrogen and oxygen atoms in total. The van der Waals surface area contributed by atoms with Gasteiger partial charge in [-0.05, 0) is 25.5 Å². The van der Waals surface area contributed by atoms with Gasteiger partial charge in [0.25, 0.3) is 0 Å². The van der Waals surface area contributed by atoms with Gasteiger partial charge in [0.15, 0.2) is 0 Å². The number of ether oxygens (including phenoxy) is 1. The normalized spacial score (nSPS) is 10.2. The summed E-state index contributed by atoms with van der Waals surface area (Å²) >= 11 is 0. The number of hydrogen-bond donors (Lipinski definition) is 1. The molecule has 0 fully saturated rings. The summed E-state index contributed by atoms with van der Waals surface area (Å²) in [6.45, 7) is 3.76. The summed E-state index contributed by atoms with van der Waals surface area (Å²) in [4.78, 5) is 19.5. The number of carboxylic acid groups (broad SMARTS) is 1. The van der Waals surface area contributed by atoms with Crippen LogP contribution in [-0.4, -0.2) is 21.0 Å². The Morgan fingerprint density at radius 1 is 1.32 bits per heavy atom. The lowest BCUT2D eigenvalue weighted by Crippen LogP contribution is -2.02. The van der Waals surface area contributed by atoms with E-state index >= 15 is 0 Å². The van der Waals surface area contributed by atoms with Crippen molar-refractivity contribution in [1.82, 2.24) is 9.97 Å². The summed E-state index contributed by atoms with van der Waals surface area (Å²) in [6, 6.07) is 8.18. The standard InChI is InChI=1S/C14H14N2O3/c1-3-10-8-13(16-9(2)15-10)19-12-7-5-4-6-11(12)14(17)18/h4-8H,3H2,1-2H3,(H,17,18). The van der Waals surface area contributed by atoms with E-state index in [9.17, 15) is 4.79 Å². The van der Waals surface area contributed by atoms with E-state index < -0.39 is 5.97 Å². The number of aromatic carboxylic acids is 1. The van der Waals surface area contributed by atoms with E-state index in [2.05, 4.69) is 9.97 Å². The van der Waals surface area contributed by atoms with E-state index in [4.69, 9.17) is 9.84 Å². The van der Waals surface area contributed by atoms with Crippen molar-refractivity contribution in [1.29, 1.82) is 0 Å². The minimum absolute atomic E-state index is 0.108. The number of rotatable bonds is 4. The maximum Gasteiger partial charge on any atom is 0.339 e. The van der Waals surface area contributed by atoms with Crippen molar-refractivity contribution in [3.8, 4) is 11.6 Å². The first-order chi connectivity index (χ1) is 9.10. The van der Waals surface area contributed by atoms with Crippen LogP contribution < -0.4 is 4.74 Å². The van der Waals surface area contributed by atoms with E-state index in [0.717, 1.165) is 12.1 Å². The lowest BCUT2D eigenvalue weighted by Gasteiger charge is -2.09. The van der Waals surface area contributed by atoms with Crippen molar-refractivity contribution in [2.24, 2.45) is 0 Å². The van der Waals surface area contributed by atoms with Crippen LogP contribution in [0.3, 0.4) is 0 Å². The average Bonchev–Trinajstić information content (AvgIpc) is 2.38. The van der Waals surface area contributed by atoms with Gasteiger partial charge in [-0.2, -0.15) is 4.98 Å². The molecule has 0 radical (unpaired) electrons. The van der Waals surface area contributed by atoms with Gasteiger partial charge in [0.2, 0.25) is 5.88 Å². The molecule has 19 heavy (non-hydrogen) atoms. The van der Waals surface area contributed by atoms with E-state index in [0.29, 0.717) is 11.7 Å². The Morgan fingerprint density at radius 3 is 2.74 bits per heavy atom. The van der Waals surface area contributed by atoms with Crippen LogP contribution in [0.5, 0.6) is 11.6 Å². The lowest BCUT2D eigenvalue weighted by atomic mass is 10.2. The molecule has 0 amide bonds. The van der Waals surface area contributed by atoms with Crippen LogP contribution in [0.15, 0.2) is 30.3 Å². The molecule has 0 saturated carbocycles. The van der Waals surface area contributed by atoms with Crippen molar-refractivity contribution in [2.75, 3.05) is 0 Å². The Hall–Kier alpha value is -2.43. The molecule has 5 heteroatoms. The molecule has 0 spiro atoms. The number of aromatic nitrogens is 2. The second-order valence-corrected chi connectivity index (χ2v) is 4.00. The predicted octanol–water partition coefficient (Wildman–Crippen LogP) is 2.84. The lowest BCUT2D eigenvalue weighted by molar-refractivity contribution is 0.0694. The number of aryl methyl sites for hydroxylation is 2. The molecule has 0 aliphatic rings. The van der Waals surface area contributed by atoms with Crippen molar-refractivity contribution in [3.05, 3.63) is 47.4 Å². The molecule has 0 atom stereocenters. The molecule has 0 aliphatic heterocycles. The minimum Gasteiger partial charge on any atom is -0.478 e. The maximum atomic E-state index is 11.1. The third kappa shape index (κ3) is 3.07. The first-order valence-corrected chi connectivity index (χ1v) is 5.95. The fourth-order valence-corrected chi connectivity index (χ4v) is 1.68. The molecule has 0 unspecified atom stereocenters. The zero-order valence-corrected chi connectivity index (χ0v) is 10.8. The number of carbonyl (C=O) groups is 1. The fraction of sp³-hybridized carbons (Fsp3) is 0.214. The SMILES string of the molecule is CCc1cc(Oc2ccccc2C(=O)O)nc(C)n1. The van der Waals surface area contributed by atoms with Crippen LogP contribution in [0.1, 0.15) is 28.8 Å². The summed E-state index contributed by atoms with van der Waals surface area (Å²) in [5.74, 6) is 0.201. The largest absolute Gasteiger partial charge is 0.478 e. The molecule has 1 heterocycles. The van der Waals surface area contributed by atoms with Gasteiger partial charge in [-0.1, -0.05) is 19.1 Å². The summed E-state index contributed by atoms with van der Waals surface area (Å²) in [5.41, 5.74) is 0.965. The Bertz CT molecular complexity index is 611.